The van der Waals surface area contributed by atoms with E-state index in [0.717, 1.165) is 11.8 Å². The van der Waals surface area contributed by atoms with Crippen LogP contribution in [0.2, 0.25) is 0 Å². The molecule has 0 aromatic heterocycles. The van der Waals surface area contributed by atoms with Crippen molar-refractivity contribution < 1.29 is 28.1 Å². The maximum atomic E-state index is 12.7. The highest BCUT2D eigenvalue weighted by molar-refractivity contribution is 8.14. The number of alkyl halides is 3. The summed E-state index contributed by atoms with van der Waals surface area (Å²) >= 11 is 1.01. The third-order valence-corrected chi connectivity index (χ3v) is 4.23. The van der Waals surface area contributed by atoms with Crippen molar-refractivity contribution in [2.45, 2.75) is 42.4 Å². The van der Waals surface area contributed by atoms with E-state index in [0.29, 0.717) is 5.17 Å². The van der Waals surface area contributed by atoms with Crippen molar-refractivity contribution in [3.8, 4) is 0 Å². The molecule has 0 unspecified atom stereocenters. The van der Waals surface area contributed by atoms with Crippen molar-refractivity contribution in [2.24, 2.45) is 5.73 Å². The second-order valence-corrected chi connectivity index (χ2v) is 5.97. The summed E-state index contributed by atoms with van der Waals surface area (Å²) in [7, 11) is 3.37. The number of aliphatic hydroxyl groups excluding tert-OH is 2. The van der Waals surface area contributed by atoms with Gasteiger partial charge in [-0.15, -0.1) is 0 Å². The number of hydrogen-bond donors (Lipinski definition) is 3. The van der Waals surface area contributed by atoms with Crippen LogP contribution in [0, 0.1) is 0 Å². The first-order valence-electron chi connectivity index (χ1n) is 6.09. The highest BCUT2D eigenvalue weighted by atomic mass is 32.2. The van der Waals surface area contributed by atoms with Crippen molar-refractivity contribution in [2.75, 3.05) is 14.1 Å². The second kappa shape index (κ2) is 6.99. The van der Waals surface area contributed by atoms with Crippen LogP contribution in [0.15, 0.2) is 0 Å². The Balaban J connectivity index is 2.85. The Labute approximate surface area is 124 Å². The largest absolute Gasteiger partial charge is 0.407 e. The molecule has 0 aromatic rings. The average molecular weight is 330 g/mol. The van der Waals surface area contributed by atoms with Crippen molar-refractivity contribution in [3.05, 3.63) is 0 Å². The number of thioether (sulfide) groups is 1. The van der Waals surface area contributed by atoms with Gasteiger partial charge in [0.2, 0.25) is 0 Å². The number of rotatable bonds is 2. The molecule has 1 heterocycles. The Morgan fingerprint density at radius 1 is 1.48 bits per heavy atom. The minimum absolute atomic E-state index is 0.0419. The minimum atomic E-state index is -4.73. The van der Waals surface area contributed by atoms with Gasteiger partial charge in [-0.3, -0.25) is 0 Å². The number of ether oxygens (including phenoxy) is 1. The van der Waals surface area contributed by atoms with E-state index in [2.05, 4.69) is 11.4 Å². The van der Waals surface area contributed by atoms with Gasteiger partial charge in [-0.2, -0.15) is 13.2 Å². The van der Waals surface area contributed by atoms with Gasteiger partial charge in [-0.1, -0.05) is 0 Å². The quantitative estimate of drug-likeness (QED) is 0.346. The summed E-state index contributed by atoms with van der Waals surface area (Å²) in [5.74, 6) is 0. The molecule has 0 spiro atoms. The molecule has 10 heteroatoms. The summed E-state index contributed by atoms with van der Waals surface area (Å²) in [5.41, 5.74) is 4.26. The summed E-state index contributed by atoms with van der Waals surface area (Å²) < 4.78 is 46.9. The van der Waals surface area contributed by atoms with E-state index in [4.69, 9.17) is 10.5 Å². The zero-order valence-electron chi connectivity index (χ0n) is 11.6. The van der Waals surface area contributed by atoms with Crippen LogP contribution >= 0.6 is 11.8 Å². The molecule has 21 heavy (non-hydrogen) atoms. The Morgan fingerprint density at radius 2 is 2.05 bits per heavy atom. The van der Waals surface area contributed by atoms with E-state index in [-0.39, 0.29) is 6.42 Å². The Hall–Kier alpha value is -0.770. The molecule has 0 radical (unpaired) electrons. The van der Waals surface area contributed by atoms with Crippen LogP contribution in [0.25, 0.3) is 0 Å². The van der Waals surface area contributed by atoms with Gasteiger partial charge in [0.15, 0.2) is 6.72 Å². The molecular weight excluding hydrogens is 311 g/mol. The van der Waals surface area contributed by atoms with E-state index in [1.807, 2.05) is 0 Å². The Bertz CT molecular complexity index is 415. The van der Waals surface area contributed by atoms with E-state index >= 15 is 0 Å². The van der Waals surface area contributed by atoms with E-state index in [9.17, 15) is 23.4 Å². The molecule has 0 amide bonds. The fraction of sp³-hybridized carbons (Fsp3) is 0.818. The number of nitrogens with two attached hydrogens (primary N) is 1. The highest BCUT2D eigenvalue weighted by Crippen LogP contribution is 2.33. The van der Waals surface area contributed by atoms with Gasteiger partial charge in [0.05, 0.1) is 20.2 Å². The molecule has 1 fully saturated rings. The number of aliphatic hydroxyl groups is 2. The predicted octanol–water partition coefficient (Wildman–Crippen LogP) is -0.869. The third-order valence-electron chi connectivity index (χ3n) is 2.96. The van der Waals surface area contributed by atoms with Crippen LogP contribution in [-0.2, 0) is 4.74 Å². The normalized spacial score (nSPS) is 31.4. The molecule has 1 aliphatic heterocycles. The van der Waals surface area contributed by atoms with Gasteiger partial charge >= 0.3 is 11.3 Å². The van der Waals surface area contributed by atoms with Gasteiger partial charge in [0, 0.05) is 18.2 Å². The predicted molar refractivity (Wildman–Crippen MR) is 74.9 cm³/mol. The molecule has 1 aliphatic rings. The summed E-state index contributed by atoms with van der Waals surface area (Å²) in [6.07, 6.45) is -9.57. The van der Waals surface area contributed by atoms with Gasteiger partial charge in [0.25, 0.3) is 0 Å². The molecule has 6 nitrogen and oxygen atoms in total. The Kier molecular flexibility index (Phi) is 6.09. The van der Waals surface area contributed by atoms with Crippen molar-refractivity contribution in [3.63, 3.8) is 0 Å². The summed E-state index contributed by atoms with van der Waals surface area (Å²) in [5, 5.41) is 19.8. The number of halogens is 3. The van der Waals surface area contributed by atoms with E-state index < -0.39 is 36.0 Å². The molecule has 122 valence electrons. The lowest BCUT2D eigenvalue weighted by atomic mass is 9.96. The maximum absolute atomic E-state index is 12.7. The number of nitrogens with zero attached hydrogens (tertiary/aromatic N) is 2. The molecule has 1 rings (SSSR count). The van der Waals surface area contributed by atoms with E-state index in [1.54, 1.807) is 19.0 Å². The van der Waals surface area contributed by atoms with Crippen molar-refractivity contribution in [1.82, 2.24) is 9.57 Å². The van der Waals surface area contributed by atoms with Gasteiger partial charge < -0.3 is 20.7 Å². The van der Waals surface area contributed by atoms with Crippen molar-refractivity contribution in [1.29, 1.82) is 0 Å². The number of hydrogen-bond acceptors (Lipinski definition) is 5. The first-order chi connectivity index (χ1) is 9.57. The fourth-order valence-electron chi connectivity index (χ4n) is 1.83. The van der Waals surface area contributed by atoms with Crippen LogP contribution in [0.4, 0.5) is 13.2 Å². The van der Waals surface area contributed by atoms with Crippen LogP contribution in [0.5, 0.6) is 0 Å². The molecular formula is C11H19F3N3O3S+. The monoisotopic (exact) mass is 330 g/mol. The zero-order chi connectivity index (χ0) is 16.4. The summed E-state index contributed by atoms with van der Waals surface area (Å²) in [6, 6.07) is -2.38. The maximum Gasteiger partial charge on any atom is 0.407 e. The first kappa shape index (κ1) is 18.3. The van der Waals surface area contributed by atoms with Crippen LogP contribution < -0.4 is 10.4 Å². The molecule has 0 aromatic carbocycles. The molecule has 5 atom stereocenters. The zero-order valence-corrected chi connectivity index (χ0v) is 12.4. The molecule has 0 bridgehead atoms. The number of amidine groups is 1. The summed E-state index contributed by atoms with van der Waals surface area (Å²) in [6.45, 7) is 3.35. The van der Waals surface area contributed by atoms with Gasteiger partial charge in [0.1, 0.15) is 23.7 Å². The fourth-order valence-corrected chi connectivity index (χ4v) is 2.83. The first-order valence-corrected chi connectivity index (χ1v) is 6.97. The standard InChI is InChI=1S/C11H19F3N3O3S/c1-16-10(17(2)3)21-6-4-5(18)7(19)8(20-6)9(15)11(12,13)14/h5-9,18-19H,1,4,15H2,2-3H3/q+1/t5-,6-,7+,8+,9+/m1/s1. The molecule has 1 saturated heterocycles. The summed E-state index contributed by atoms with van der Waals surface area (Å²) in [4.78, 5) is 1.61. The topological polar surface area (TPSA) is 93.0 Å². The molecule has 0 aliphatic carbocycles. The molecule has 0 saturated carbocycles. The Morgan fingerprint density at radius 3 is 2.48 bits per heavy atom. The lowest BCUT2D eigenvalue weighted by Gasteiger charge is -2.39. The van der Waals surface area contributed by atoms with E-state index in [1.165, 1.54) is 0 Å². The lowest BCUT2D eigenvalue weighted by Crippen LogP contribution is -2.60. The van der Waals surface area contributed by atoms with Crippen LogP contribution in [0.3, 0.4) is 0 Å². The van der Waals surface area contributed by atoms with Crippen LogP contribution in [-0.4, -0.2) is 77.1 Å². The minimum Gasteiger partial charge on any atom is -0.390 e. The van der Waals surface area contributed by atoms with Gasteiger partial charge in [-0.25, -0.2) is 9.57 Å². The smallest absolute Gasteiger partial charge is 0.390 e. The molecule has 4 N–H and O–H groups in total. The van der Waals surface area contributed by atoms with Gasteiger partial charge in [-0.05, 0) is 0 Å². The second-order valence-electron chi connectivity index (χ2n) is 4.84. The lowest BCUT2D eigenvalue weighted by molar-refractivity contribution is -0.218. The SMILES string of the molecule is C=[N+]=C(S[C@@H]1C[C@@H](O)[C@H](O)[C@@H]([C@H](N)C(F)(F)F)O1)N(C)C. The average Bonchev–Trinajstić information content (AvgIpc) is 2.37. The highest BCUT2D eigenvalue weighted by Gasteiger charge is 2.50. The third kappa shape index (κ3) is 4.60. The van der Waals surface area contributed by atoms with Crippen LogP contribution in [0.1, 0.15) is 6.42 Å². The van der Waals surface area contributed by atoms with Crippen molar-refractivity contribution >= 4 is 23.6 Å².